The third-order valence-corrected chi connectivity index (χ3v) is 14.7. The van der Waals surface area contributed by atoms with Gasteiger partial charge in [-0.3, -0.25) is 19.2 Å². The maximum absolute atomic E-state index is 13.4. The summed E-state index contributed by atoms with van der Waals surface area (Å²) in [5.41, 5.74) is 16.2. The second kappa shape index (κ2) is 23.9. The maximum Gasteiger partial charge on any atom is 0.410 e. The fourth-order valence-electron chi connectivity index (χ4n) is 10.7. The number of rotatable bonds is 14. The van der Waals surface area contributed by atoms with Crippen molar-refractivity contribution in [3.05, 3.63) is 139 Å². The van der Waals surface area contributed by atoms with Gasteiger partial charge in [0, 0.05) is 87.3 Å². The van der Waals surface area contributed by atoms with E-state index in [1.54, 1.807) is 9.13 Å². The van der Waals surface area contributed by atoms with Gasteiger partial charge >= 0.3 is 6.09 Å². The van der Waals surface area contributed by atoms with Crippen LogP contribution in [0, 0.1) is 13.8 Å². The Hall–Kier alpha value is -7.41. The molecule has 0 unspecified atom stereocenters. The monoisotopic (exact) mass is 1050 g/mol. The molecule has 0 atom stereocenters. The lowest BCUT2D eigenvalue weighted by molar-refractivity contribution is 0.00560. The number of hydrogen-bond donors (Lipinski definition) is 3. The predicted molar refractivity (Wildman–Crippen MR) is 295 cm³/mol. The van der Waals surface area contributed by atoms with Crippen LogP contribution in [0.5, 0.6) is 23.0 Å². The van der Waals surface area contributed by atoms with Gasteiger partial charge in [0.25, 0.3) is 11.1 Å². The number of aromatic nitrogens is 2. The molecule has 0 bridgehead atoms. The minimum Gasteiger partial charge on any atom is -0.486 e. The van der Waals surface area contributed by atoms with Crippen LogP contribution >= 0.6 is 0 Å². The Morgan fingerprint density at radius 3 is 1.53 bits per heavy atom. The lowest BCUT2D eigenvalue weighted by Crippen LogP contribution is -2.49. The summed E-state index contributed by atoms with van der Waals surface area (Å²) >= 11 is 0. The number of fused-ring (bicyclic) bond motifs is 4. The summed E-state index contributed by atoms with van der Waals surface area (Å²) in [6.07, 6.45) is 3.33. The fraction of sp³-hybridized carbons (Fsp3) is 0.441. The Bertz CT molecular complexity index is 3260. The van der Waals surface area contributed by atoms with E-state index in [1.165, 1.54) is 17.7 Å². The van der Waals surface area contributed by atoms with Crippen LogP contribution in [0.4, 0.5) is 4.79 Å². The number of nitrogens with two attached hydrogens (primary N) is 2. The first-order chi connectivity index (χ1) is 37.0. The number of amides is 3. The first-order valence-electron chi connectivity index (χ1n) is 26.8. The Morgan fingerprint density at radius 2 is 1.05 bits per heavy atom. The van der Waals surface area contributed by atoms with Crippen LogP contribution in [0.2, 0.25) is 0 Å². The summed E-state index contributed by atoms with van der Waals surface area (Å²) in [4.78, 5) is 69.6. The molecular weight excluding hydrogens is 981 g/mol. The van der Waals surface area contributed by atoms with Crippen molar-refractivity contribution in [1.82, 2.24) is 29.2 Å². The van der Waals surface area contributed by atoms with Gasteiger partial charge < -0.3 is 64.3 Å². The van der Waals surface area contributed by atoms with Crippen molar-refractivity contribution in [1.29, 1.82) is 0 Å². The molecule has 10 rings (SSSR count). The van der Waals surface area contributed by atoms with Crippen LogP contribution in [-0.4, -0.2) is 125 Å². The van der Waals surface area contributed by atoms with Crippen LogP contribution in [0.1, 0.15) is 89.4 Å². The van der Waals surface area contributed by atoms with Crippen molar-refractivity contribution in [3.63, 3.8) is 0 Å². The average molecular weight is 1050 g/mol. The van der Waals surface area contributed by atoms with Gasteiger partial charge in [0.05, 0.1) is 22.2 Å². The number of nitrogens with one attached hydrogen (secondary N) is 1. The average Bonchev–Trinajstić information content (AvgIpc) is 3.43. The number of nitrogens with zero attached hydrogens (tertiary/aromatic N) is 5. The van der Waals surface area contributed by atoms with E-state index in [2.05, 4.69) is 27.2 Å². The highest BCUT2D eigenvalue weighted by molar-refractivity contribution is 6.06. The largest absolute Gasteiger partial charge is 0.486 e. The maximum atomic E-state index is 13.4. The number of benzene rings is 4. The highest BCUT2D eigenvalue weighted by Crippen LogP contribution is 2.33. The summed E-state index contributed by atoms with van der Waals surface area (Å²) in [5, 5.41) is 5.08. The SMILES string of the molecule is Cc1ccc2c(C(N)=O)cc(=O)n(CCN3CCC(N(Cc4ccc5c(c4)OCCO5)C(=O)OC(C)(C)C)CC3)c2c1.Cc1ccc2c(C(N)=O)cc(=O)n(CCN3CCC(NCc4ccc5c(c4)OCCO5)CC3)c2c1. The van der Waals surface area contributed by atoms with Gasteiger partial charge in [-0.25, -0.2) is 4.79 Å². The molecular formula is C59H72N8O10. The Balaban J connectivity index is 0.000000191. The summed E-state index contributed by atoms with van der Waals surface area (Å²) in [7, 11) is 0. The predicted octanol–water partition coefficient (Wildman–Crippen LogP) is 6.52. The number of carbonyl (C=O) groups is 3. The summed E-state index contributed by atoms with van der Waals surface area (Å²) in [6.45, 7) is 19.0. The van der Waals surface area contributed by atoms with Crippen molar-refractivity contribution in [2.45, 2.75) is 104 Å². The van der Waals surface area contributed by atoms with E-state index in [4.69, 9.17) is 35.2 Å². The standard InChI is InChI=1S/C32H40N4O6.C27H32N4O4/c1-21-5-7-24-25(30(33)38)19-29(37)35(26(24)17-21)14-13-34-11-9-23(10-12-34)36(31(39)42-32(2,3)4)20-22-6-8-27-28(18-22)41-16-15-40-27;1-18-2-4-21-22(27(28)33)16-26(32)31(23(21)14-18)11-10-30-8-6-20(7-9-30)29-17-19-3-5-24-25(15-19)35-13-12-34-24/h5-8,17-19,23H,9-16,20H2,1-4H3,(H2,33,38);2-5,14-16,20,29H,6-13,17H2,1H3,(H2,28,33). The van der Waals surface area contributed by atoms with Gasteiger partial charge in [0.1, 0.15) is 32.0 Å². The molecule has 0 spiro atoms. The molecule has 6 heterocycles. The number of likely N-dealkylation sites (tertiary alicyclic amines) is 2. The van der Waals surface area contributed by atoms with Crippen LogP contribution in [-0.2, 0) is 30.9 Å². The zero-order chi connectivity index (χ0) is 54.4. The van der Waals surface area contributed by atoms with Crippen LogP contribution in [0.25, 0.3) is 21.8 Å². The van der Waals surface area contributed by atoms with Crippen molar-refractivity contribution in [2.24, 2.45) is 11.5 Å². The van der Waals surface area contributed by atoms with Gasteiger partial charge in [-0.15, -0.1) is 0 Å². The molecule has 408 valence electrons. The van der Waals surface area contributed by atoms with Gasteiger partial charge in [-0.2, -0.15) is 0 Å². The van der Waals surface area contributed by atoms with E-state index < -0.39 is 17.4 Å². The number of primary amides is 2. The van der Waals surface area contributed by atoms with E-state index in [-0.39, 0.29) is 34.4 Å². The highest BCUT2D eigenvalue weighted by Gasteiger charge is 2.32. The van der Waals surface area contributed by atoms with E-state index in [9.17, 15) is 24.0 Å². The molecule has 2 fully saturated rings. The van der Waals surface area contributed by atoms with Gasteiger partial charge in [0.15, 0.2) is 23.0 Å². The topological polar surface area (TPSA) is 215 Å². The molecule has 0 saturated carbocycles. The van der Waals surface area contributed by atoms with Crippen molar-refractivity contribution >= 4 is 39.7 Å². The number of carbonyl (C=O) groups excluding carboxylic acids is 3. The van der Waals surface area contributed by atoms with Gasteiger partial charge in [0.2, 0.25) is 11.8 Å². The molecule has 5 N–H and O–H groups in total. The second-order valence-electron chi connectivity index (χ2n) is 21.5. The molecule has 77 heavy (non-hydrogen) atoms. The number of pyridine rings is 2. The van der Waals surface area contributed by atoms with E-state index in [0.29, 0.717) is 81.1 Å². The van der Waals surface area contributed by atoms with E-state index >= 15 is 0 Å². The van der Waals surface area contributed by atoms with E-state index in [0.717, 1.165) is 104 Å². The van der Waals surface area contributed by atoms with Gasteiger partial charge in [-0.1, -0.05) is 36.4 Å². The highest BCUT2D eigenvalue weighted by atomic mass is 16.6. The molecule has 4 aliphatic heterocycles. The summed E-state index contributed by atoms with van der Waals surface area (Å²) in [5.74, 6) is 1.87. The molecule has 2 saturated heterocycles. The molecule has 4 aliphatic rings. The molecule has 18 heteroatoms. The molecule has 0 aliphatic carbocycles. The molecule has 4 aromatic carbocycles. The number of piperidine rings is 2. The molecule has 2 aromatic heterocycles. The summed E-state index contributed by atoms with van der Waals surface area (Å²) in [6, 6.07) is 26.5. The van der Waals surface area contributed by atoms with Crippen molar-refractivity contribution < 1.29 is 38.1 Å². The third kappa shape index (κ3) is 13.4. The molecule has 0 radical (unpaired) electrons. The van der Waals surface area contributed by atoms with Crippen molar-refractivity contribution in [3.8, 4) is 23.0 Å². The molecule has 6 aromatic rings. The zero-order valence-electron chi connectivity index (χ0n) is 44.9. The van der Waals surface area contributed by atoms with Crippen LogP contribution in [0.3, 0.4) is 0 Å². The minimum absolute atomic E-state index is 0.00496. The third-order valence-electron chi connectivity index (χ3n) is 14.7. The fourth-order valence-corrected chi connectivity index (χ4v) is 10.7. The number of aryl methyl sites for hydroxylation is 2. The smallest absolute Gasteiger partial charge is 0.410 e. The minimum atomic E-state index is -0.610. The second-order valence-corrected chi connectivity index (χ2v) is 21.5. The van der Waals surface area contributed by atoms with Crippen molar-refractivity contribution in [2.75, 3.05) is 65.7 Å². The normalized spacial score (nSPS) is 16.2. The Kier molecular flexibility index (Phi) is 16.9. The Labute approximate surface area is 448 Å². The zero-order valence-corrected chi connectivity index (χ0v) is 44.9. The van der Waals surface area contributed by atoms with Crippen LogP contribution in [0.15, 0.2) is 94.5 Å². The lowest BCUT2D eigenvalue weighted by Gasteiger charge is -2.39. The van der Waals surface area contributed by atoms with Crippen LogP contribution < -0.4 is 46.9 Å². The number of ether oxygens (including phenoxy) is 5. The number of hydrogen-bond acceptors (Lipinski definition) is 13. The van der Waals surface area contributed by atoms with E-state index in [1.807, 2.05) is 100 Å². The lowest BCUT2D eigenvalue weighted by atomic mass is 10.0. The Morgan fingerprint density at radius 1 is 0.597 bits per heavy atom. The quantitative estimate of drug-likeness (QED) is 0.106. The first kappa shape index (κ1) is 54.4. The molecule has 3 amide bonds. The molecule has 18 nitrogen and oxygen atoms in total. The first-order valence-corrected chi connectivity index (χ1v) is 26.8. The summed E-state index contributed by atoms with van der Waals surface area (Å²) < 4.78 is 32.0. The van der Waals surface area contributed by atoms with Gasteiger partial charge in [-0.05, 0) is 132 Å².